The van der Waals surface area contributed by atoms with E-state index >= 15 is 0 Å². The Bertz CT molecular complexity index is 581. The molecule has 0 unspecified atom stereocenters. The maximum atomic E-state index is 4.73. The van der Waals surface area contributed by atoms with Crippen LogP contribution in [0.4, 0.5) is 0 Å². The summed E-state index contributed by atoms with van der Waals surface area (Å²) >= 11 is 1.90. The van der Waals surface area contributed by atoms with Gasteiger partial charge >= 0.3 is 0 Å². The fourth-order valence-electron chi connectivity index (χ4n) is 2.58. The quantitative estimate of drug-likeness (QED) is 0.845. The minimum absolute atomic E-state index is 0.541. The number of rotatable bonds is 7. The summed E-state index contributed by atoms with van der Waals surface area (Å²) in [5, 5.41) is 8.22. The van der Waals surface area contributed by atoms with Crippen molar-refractivity contribution in [1.82, 2.24) is 15.1 Å². The fraction of sp³-hybridized carbons (Fsp3) is 0.588. The van der Waals surface area contributed by atoms with Crippen molar-refractivity contribution in [2.45, 2.75) is 60.0 Å². The molecule has 0 amide bonds. The summed E-state index contributed by atoms with van der Waals surface area (Å²) in [6, 6.07) is 5.01. The summed E-state index contributed by atoms with van der Waals surface area (Å²) in [7, 11) is 0. The molecule has 0 fully saturated rings. The number of thiophene rings is 1. The SMILES string of the molecule is CCc1ccc(Cn2nc(C)c(CCNC(C)C)c2C)s1. The van der Waals surface area contributed by atoms with Gasteiger partial charge in [-0.25, -0.2) is 0 Å². The third-order valence-electron chi connectivity index (χ3n) is 3.83. The summed E-state index contributed by atoms with van der Waals surface area (Å²) in [4.78, 5) is 2.84. The van der Waals surface area contributed by atoms with Gasteiger partial charge in [0.1, 0.15) is 0 Å². The van der Waals surface area contributed by atoms with Gasteiger partial charge in [0.2, 0.25) is 0 Å². The van der Waals surface area contributed by atoms with Gasteiger partial charge in [-0.05, 0) is 50.9 Å². The number of nitrogens with one attached hydrogen (secondary N) is 1. The lowest BCUT2D eigenvalue weighted by molar-refractivity contribution is 0.588. The average molecular weight is 305 g/mol. The number of hydrogen-bond acceptors (Lipinski definition) is 3. The molecular formula is C17H27N3S. The van der Waals surface area contributed by atoms with Crippen LogP contribution in [0.25, 0.3) is 0 Å². The van der Waals surface area contributed by atoms with Gasteiger partial charge in [-0.15, -0.1) is 11.3 Å². The molecule has 0 radical (unpaired) electrons. The standard InChI is InChI=1S/C17H27N3S/c1-6-15-7-8-16(21-15)11-20-14(5)17(13(4)19-20)9-10-18-12(2)3/h7-8,12,18H,6,9-11H2,1-5H3. The zero-order chi connectivity index (χ0) is 15.4. The Hall–Kier alpha value is -1.13. The molecule has 0 aromatic carbocycles. The van der Waals surface area contributed by atoms with Crippen LogP contribution in [0.5, 0.6) is 0 Å². The van der Waals surface area contributed by atoms with E-state index in [2.05, 4.69) is 56.8 Å². The van der Waals surface area contributed by atoms with E-state index in [0.717, 1.165) is 25.9 Å². The highest BCUT2D eigenvalue weighted by Crippen LogP contribution is 2.20. The molecule has 2 rings (SSSR count). The predicted octanol–water partition coefficient (Wildman–Crippen LogP) is 3.71. The number of hydrogen-bond donors (Lipinski definition) is 1. The Kier molecular flexibility index (Phi) is 5.59. The second-order valence-electron chi connectivity index (χ2n) is 5.89. The van der Waals surface area contributed by atoms with Crippen molar-refractivity contribution in [3.05, 3.63) is 38.8 Å². The molecule has 0 saturated carbocycles. The lowest BCUT2D eigenvalue weighted by Crippen LogP contribution is -2.25. The van der Waals surface area contributed by atoms with E-state index in [1.165, 1.54) is 26.7 Å². The van der Waals surface area contributed by atoms with E-state index in [1.54, 1.807) is 0 Å². The maximum Gasteiger partial charge on any atom is 0.0755 e. The van der Waals surface area contributed by atoms with Crippen molar-refractivity contribution in [2.75, 3.05) is 6.54 Å². The minimum atomic E-state index is 0.541. The molecule has 0 aliphatic rings. The van der Waals surface area contributed by atoms with E-state index < -0.39 is 0 Å². The van der Waals surface area contributed by atoms with Crippen LogP contribution in [-0.4, -0.2) is 22.4 Å². The van der Waals surface area contributed by atoms with Crippen molar-refractivity contribution in [1.29, 1.82) is 0 Å². The van der Waals surface area contributed by atoms with Crippen LogP contribution in [0.2, 0.25) is 0 Å². The topological polar surface area (TPSA) is 29.9 Å². The number of aromatic nitrogens is 2. The Morgan fingerprint density at radius 3 is 2.57 bits per heavy atom. The Labute approximate surface area is 132 Å². The van der Waals surface area contributed by atoms with Crippen LogP contribution in [0, 0.1) is 13.8 Å². The third kappa shape index (κ3) is 4.17. The summed E-state index contributed by atoms with van der Waals surface area (Å²) in [5.41, 5.74) is 3.88. The molecule has 2 heterocycles. The first-order valence-electron chi connectivity index (χ1n) is 7.85. The molecule has 3 nitrogen and oxygen atoms in total. The van der Waals surface area contributed by atoms with Crippen molar-refractivity contribution in [3.8, 4) is 0 Å². The largest absolute Gasteiger partial charge is 0.314 e. The Balaban J connectivity index is 2.07. The van der Waals surface area contributed by atoms with Gasteiger partial charge in [0, 0.05) is 21.5 Å². The monoisotopic (exact) mass is 305 g/mol. The molecular weight excluding hydrogens is 278 g/mol. The summed E-state index contributed by atoms with van der Waals surface area (Å²) in [5.74, 6) is 0. The van der Waals surface area contributed by atoms with Crippen LogP contribution in [0.15, 0.2) is 12.1 Å². The molecule has 1 N–H and O–H groups in total. The normalized spacial score (nSPS) is 11.5. The molecule has 21 heavy (non-hydrogen) atoms. The highest BCUT2D eigenvalue weighted by atomic mass is 32.1. The van der Waals surface area contributed by atoms with Crippen molar-refractivity contribution < 1.29 is 0 Å². The van der Waals surface area contributed by atoms with Gasteiger partial charge in [0.05, 0.1) is 12.2 Å². The molecule has 0 atom stereocenters. The first-order chi connectivity index (χ1) is 10.0. The Morgan fingerprint density at radius 1 is 1.24 bits per heavy atom. The number of nitrogens with zero attached hydrogens (tertiary/aromatic N) is 2. The second-order valence-corrected chi connectivity index (χ2v) is 7.14. The van der Waals surface area contributed by atoms with Crippen LogP contribution in [0.3, 0.4) is 0 Å². The van der Waals surface area contributed by atoms with Crippen LogP contribution >= 0.6 is 11.3 Å². The highest BCUT2D eigenvalue weighted by molar-refractivity contribution is 7.11. The van der Waals surface area contributed by atoms with Crippen LogP contribution in [0.1, 0.15) is 47.5 Å². The fourth-order valence-corrected chi connectivity index (χ4v) is 3.52. The molecule has 4 heteroatoms. The van der Waals surface area contributed by atoms with Gasteiger partial charge < -0.3 is 5.32 Å². The highest BCUT2D eigenvalue weighted by Gasteiger charge is 2.12. The van der Waals surface area contributed by atoms with E-state index in [1.807, 2.05) is 11.3 Å². The van der Waals surface area contributed by atoms with E-state index in [0.29, 0.717) is 6.04 Å². The molecule has 0 aliphatic carbocycles. The summed E-state index contributed by atoms with van der Waals surface area (Å²) < 4.78 is 2.16. The third-order valence-corrected chi connectivity index (χ3v) is 5.04. The van der Waals surface area contributed by atoms with Crippen LogP contribution < -0.4 is 5.32 Å². The van der Waals surface area contributed by atoms with Crippen molar-refractivity contribution in [2.24, 2.45) is 0 Å². The molecule has 116 valence electrons. The maximum absolute atomic E-state index is 4.73. The lowest BCUT2D eigenvalue weighted by Gasteiger charge is -2.08. The molecule has 0 saturated heterocycles. The summed E-state index contributed by atoms with van der Waals surface area (Å²) in [6.45, 7) is 12.8. The van der Waals surface area contributed by atoms with E-state index in [4.69, 9.17) is 5.10 Å². The first-order valence-corrected chi connectivity index (χ1v) is 8.66. The number of aryl methyl sites for hydroxylation is 2. The van der Waals surface area contributed by atoms with Gasteiger partial charge in [0.25, 0.3) is 0 Å². The zero-order valence-electron chi connectivity index (χ0n) is 13.9. The Morgan fingerprint density at radius 2 is 1.95 bits per heavy atom. The molecule has 0 spiro atoms. The molecule has 0 aliphatic heterocycles. The van der Waals surface area contributed by atoms with Crippen LogP contribution in [-0.2, 0) is 19.4 Å². The second kappa shape index (κ2) is 7.23. The lowest BCUT2D eigenvalue weighted by atomic mass is 10.1. The van der Waals surface area contributed by atoms with Gasteiger partial charge in [-0.2, -0.15) is 5.10 Å². The molecule has 2 aromatic rings. The average Bonchev–Trinajstić information content (AvgIpc) is 2.98. The smallest absolute Gasteiger partial charge is 0.0755 e. The van der Waals surface area contributed by atoms with Gasteiger partial charge in [0.15, 0.2) is 0 Å². The minimum Gasteiger partial charge on any atom is -0.314 e. The van der Waals surface area contributed by atoms with Crippen molar-refractivity contribution >= 4 is 11.3 Å². The van der Waals surface area contributed by atoms with Crippen molar-refractivity contribution in [3.63, 3.8) is 0 Å². The van der Waals surface area contributed by atoms with Gasteiger partial charge in [-0.3, -0.25) is 4.68 Å². The zero-order valence-corrected chi connectivity index (χ0v) is 14.7. The van der Waals surface area contributed by atoms with E-state index in [-0.39, 0.29) is 0 Å². The van der Waals surface area contributed by atoms with Gasteiger partial charge in [-0.1, -0.05) is 20.8 Å². The summed E-state index contributed by atoms with van der Waals surface area (Å²) in [6.07, 6.45) is 2.18. The van der Waals surface area contributed by atoms with E-state index in [9.17, 15) is 0 Å². The first kappa shape index (κ1) is 16.2. The molecule has 0 bridgehead atoms. The molecule has 2 aromatic heterocycles. The predicted molar refractivity (Wildman–Crippen MR) is 91.3 cm³/mol.